The number of benzene rings is 1. The molecule has 1 aromatic carbocycles. The Morgan fingerprint density at radius 1 is 1.13 bits per heavy atom. The van der Waals surface area contributed by atoms with E-state index in [1.165, 1.54) is 25.7 Å². The summed E-state index contributed by atoms with van der Waals surface area (Å²) < 4.78 is 0. The Balaban J connectivity index is 1.52. The van der Waals surface area contributed by atoms with E-state index < -0.39 is 0 Å². The van der Waals surface area contributed by atoms with Crippen molar-refractivity contribution in [2.75, 3.05) is 18.4 Å². The fourth-order valence-corrected chi connectivity index (χ4v) is 3.98. The van der Waals surface area contributed by atoms with E-state index >= 15 is 0 Å². The minimum Gasteiger partial charge on any atom is -0.342 e. The molecule has 1 saturated carbocycles. The third kappa shape index (κ3) is 3.92. The maximum absolute atomic E-state index is 12.4. The molecule has 1 saturated heterocycles. The summed E-state index contributed by atoms with van der Waals surface area (Å²) in [5, 5.41) is 2.85. The summed E-state index contributed by atoms with van der Waals surface area (Å²) in [5.41, 5.74) is 1.80. The van der Waals surface area contributed by atoms with Crippen molar-refractivity contribution in [2.45, 2.75) is 45.4 Å². The zero-order valence-corrected chi connectivity index (χ0v) is 13.9. The normalized spacial score (nSPS) is 24.0. The van der Waals surface area contributed by atoms with Gasteiger partial charge in [0, 0.05) is 18.8 Å². The van der Waals surface area contributed by atoms with Gasteiger partial charge in [0.2, 0.25) is 11.8 Å². The lowest BCUT2D eigenvalue weighted by molar-refractivity contribution is -0.137. The highest BCUT2D eigenvalue weighted by Crippen LogP contribution is 2.36. The fourth-order valence-electron chi connectivity index (χ4n) is 3.98. The molecule has 0 unspecified atom stereocenters. The van der Waals surface area contributed by atoms with Gasteiger partial charge in [-0.05, 0) is 43.2 Å². The number of hydrogen-bond donors (Lipinski definition) is 1. The number of nitrogens with one attached hydrogen (secondary N) is 1. The number of carbonyl (C=O) groups is 2. The molecule has 2 aliphatic rings. The van der Waals surface area contributed by atoms with Gasteiger partial charge in [0.05, 0.1) is 0 Å². The van der Waals surface area contributed by atoms with Crippen molar-refractivity contribution < 1.29 is 9.59 Å². The van der Waals surface area contributed by atoms with Gasteiger partial charge in [0.1, 0.15) is 6.42 Å². The third-order valence-electron chi connectivity index (χ3n) is 5.37. The van der Waals surface area contributed by atoms with Crippen LogP contribution in [0.15, 0.2) is 24.3 Å². The van der Waals surface area contributed by atoms with Gasteiger partial charge in [-0.15, -0.1) is 0 Å². The first-order chi connectivity index (χ1) is 11.1. The number of carbonyl (C=O) groups excluding carboxylic acids is 2. The van der Waals surface area contributed by atoms with Crippen LogP contribution in [0.1, 0.15) is 44.1 Å². The Morgan fingerprint density at radius 3 is 2.65 bits per heavy atom. The van der Waals surface area contributed by atoms with Crippen molar-refractivity contribution >= 4 is 17.5 Å². The highest BCUT2D eigenvalue weighted by atomic mass is 16.2. The van der Waals surface area contributed by atoms with Gasteiger partial charge in [-0.3, -0.25) is 9.59 Å². The van der Waals surface area contributed by atoms with Gasteiger partial charge in [-0.1, -0.05) is 37.5 Å². The number of piperidine rings is 1. The topological polar surface area (TPSA) is 49.4 Å². The summed E-state index contributed by atoms with van der Waals surface area (Å²) in [6.07, 6.45) is 6.25. The highest BCUT2D eigenvalue weighted by molar-refractivity contribution is 6.03. The number of nitrogens with zero attached hydrogens (tertiary/aromatic N) is 1. The fraction of sp³-hybridized carbons (Fsp3) is 0.579. The molecule has 0 aromatic heterocycles. The van der Waals surface area contributed by atoms with Crippen LogP contribution in [0.5, 0.6) is 0 Å². The number of para-hydroxylation sites is 1. The molecule has 4 heteroatoms. The molecule has 1 heterocycles. The summed E-state index contributed by atoms with van der Waals surface area (Å²) in [6.45, 7) is 3.62. The van der Waals surface area contributed by atoms with Crippen molar-refractivity contribution in [1.82, 2.24) is 4.90 Å². The quantitative estimate of drug-likeness (QED) is 0.870. The maximum Gasteiger partial charge on any atom is 0.233 e. The summed E-state index contributed by atoms with van der Waals surface area (Å²) in [5.74, 6) is 1.21. The second-order valence-electron chi connectivity index (χ2n) is 6.97. The molecule has 1 N–H and O–H groups in total. The molecule has 1 aliphatic heterocycles. The lowest BCUT2D eigenvalue weighted by atomic mass is 9.75. The Bertz CT molecular complexity index is 584. The first-order valence-electron chi connectivity index (χ1n) is 8.77. The summed E-state index contributed by atoms with van der Waals surface area (Å²) in [4.78, 5) is 26.5. The average Bonchev–Trinajstić information content (AvgIpc) is 2.56. The Labute approximate surface area is 138 Å². The number of likely N-dealkylation sites (tertiary alicyclic amines) is 1. The van der Waals surface area contributed by atoms with Crippen molar-refractivity contribution in [2.24, 2.45) is 11.8 Å². The number of fused-ring (bicyclic) bond motifs is 1. The van der Waals surface area contributed by atoms with Crippen LogP contribution in [0.4, 0.5) is 5.69 Å². The molecule has 0 radical (unpaired) electrons. The number of amides is 2. The second kappa shape index (κ2) is 7.16. The smallest absolute Gasteiger partial charge is 0.233 e. The molecule has 124 valence electrons. The Hall–Kier alpha value is -1.84. The maximum atomic E-state index is 12.4. The molecular weight excluding hydrogens is 288 g/mol. The molecule has 3 rings (SSSR count). The summed E-state index contributed by atoms with van der Waals surface area (Å²) in [6, 6.07) is 7.64. The van der Waals surface area contributed by atoms with Crippen molar-refractivity contribution in [3.8, 4) is 0 Å². The van der Waals surface area contributed by atoms with Gasteiger partial charge in [0.25, 0.3) is 0 Å². The van der Waals surface area contributed by atoms with Crippen LogP contribution in [-0.4, -0.2) is 29.8 Å². The first kappa shape index (κ1) is 16.0. The van der Waals surface area contributed by atoms with E-state index in [-0.39, 0.29) is 18.2 Å². The van der Waals surface area contributed by atoms with Crippen LogP contribution in [-0.2, 0) is 9.59 Å². The molecule has 0 bridgehead atoms. The van der Waals surface area contributed by atoms with Crippen molar-refractivity contribution in [3.63, 3.8) is 0 Å². The van der Waals surface area contributed by atoms with Crippen molar-refractivity contribution in [3.05, 3.63) is 29.8 Å². The molecule has 1 aliphatic carbocycles. The number of aryl methyl sites for hydroxylation is 1. The first-order valence-corrected chi connectivity index (χ1v) is 8.77. The molecule has 2 atom stereocenters. The number of anilines is 1. The zero-order valence-electron chi connectivity index (χ0n) is 13.9. The van der Waals surface area contributed by atoms with E-state index in [0.29, 0.717) is 5.92 Å². The second-order valence-corrected chi connectivity index (χ2v) is 6.97. The molecule has 1 aromatic rings. The summed E-state index contributed by atoms with van der Waals surface area (Å²) >= 11 is 0. The standard InChI is InChI=1S/C19H26N2O2/c1-14-6-2-5-9-17(14)20-18(22)12-19(23)21-11-10-15-7-3-4-8-16(15)13-21/h2,5-6,9,15-16H,3-4,7-8,10-13H2,1H3,(H,20,22)/t15-,16+/m1/s1. The number of rotatable bonds is 3. The van der Waals surface area contributed by atoms with Crippen LogP contribution in [0, 0.1) is 18.8 Å². The zero-order chi connectivity index (χ0) is 16.2. The van der Waals surface area contributed by atoms with Crippen LogP contribution in [0.25, 0.3) is 0 Å². The van der Waals surface area contributed by atoms with E-state index in [1.807, 2.05) is 36.1 Å². The van der Waals surface area contributed by atoms with Gasteiger partial charge >= 0.3 is 0 Å². The van der Waals surface area contributed by atoms with E-state index in [0.717, 1.165) is 36.7 Å². The average molecular weight is 314 g/mol. The SMILES string of the molecule is Cc1ccccc1NC(=O)CC(=O)N1CC[C@H]2CCCC[C@H]2C1. The highest BCUT2D eigenvalue weighted by Gasteiger charge is 2.33. The molecular formula is C19H26N2O2. The number of hydrogen-bond acceptors (Lipinski definition) is 2. The van der Waals surface area contributed by atoms with Crippen molar-refractivity contribution in [1.29, 1.82) is 0 Å². The predicted octanol–water partition coefficient (Wildman–Crippen LogP) is 3.36. The minimum atomic E-state index is -0.213. The lowest BCUT2D eigenvalue weighted by Crippen LogP contribution is -2.45. The molecule has 23 heavy (non-hydrogen) atoms. The van der Waals surface area contributed by atoms with Gasteiger partial charge in [-0.2, -0.15) is 0 Å². The van der Waals surface area contributed by atoms with Crippen LogP contribution >= 0.6 is 0 Å². The molecule has 0 spiro atoms. The van der Waals surface area contributed by atoms with Crippen LogP contribution < -0.4 is 5.32 Å². The Morgan fingerprint density at radius 2 is 1.87 bits per heavy atom. The van der Waals surface area contributed by atoms with Gasteiger partial charge in [-0.25, -0.2) is 0 Å². The van der Waals surface area contributed by atoms with Gasteiger partial charge < -0.3 is 10.2 Å². The molecule has 2 fully saturated rings. The molecule has 4 nitrogen and oxygen atoms in total. The van der Waals surface area contributed by atoms with E-state index in [9.17, 15) is 9.59 Å². The largest absolute Gasteiger partial charge is 0.342 e. The van der Waals surface area contributed by atoms with E-state index in [4.69, 9.17) is 0 Å². The van der Waals surface area contributed by atoms with Crippen LogP contribution in [0.2, 0.25) is 0 Å². The van der Waals surface area contributed by atoms with Gasteiger partial charge in [0.15, 0.2) is 0 Å². The minimum absolute atomic E-state index is 0.0277. The van der Waals surface area contributed by atoms with E-state index in [2.05, 4.69) is 5.32 Å². The Kier molecular flexibility index (Phi) is 4.99. The van der Waals surface area contributed by atoms with E-state index in [1.54, 1.807) is 0 Å². The predicted molar refractivity (Wildman–Crippen MR) is 91.1 cm³/mol. The monoisotopic (exact) mass is 314 g/mol. The van der Waals surface area contributed by atoms with Crippen LogP contribution in [0.3, 0.4) is 0 Å². The molecule has 2 amide bonds. The lowest BCUT2D eigenvalue weighted by Gasteiger charge is -2.41. The third-order valence-corrected chi connectivity index (χ3v) is 5.37. The summed E-state index contributed by atoms with van der Waals surface area (Å²) in [7, 11) is 0.